The Hall–Kier alpha value is -1.92. The molecule has 142 valence electrons. The van der Waals surface area contributed by atoms with Gasteiger partial charge in [0.25, 0.3) is 5.91 Å². The summed E-state index contributed by atoms with van der Waals surface area (Å²) in [4.78, 5) is 33.2. The van der Waals surface area contributed by atoms with Gasteiger partial charge in [0, 0.05) is 19.9 Å². The Balaban J connectivity index is 1.88. The van der Waals surface area contributed by atoms with Gasteiger partial charge in [0.15, 0.2) is 5.60 Å². The summed E-state index contributed by atoms with van der Waals surface area (Å²) in [7, 11) is 1.84. The van der Waals surface area contributed by atoms with Gasteiger partial charge in [-0.1, -0.05) is 30.3 Å². The predicted octanol–water partition coefficient (Wildman–Crippen LogP) is 3.68. The Bertz CT molecular complexity index is 710. The second-order valence-corrected chi connectivity index (χ2v) is 8.87. The number of ether oxygens (including phenoxy) is 1. The molecule has 0 bridgehead atoms. The van der Waals surface area contributed by atoms with Gasteiger partial charge in [0.2, 0.25) is 0 Å². The van der Waals surface area contributed by atoms with Gasteiger partial charge in [-0.2, -0.15) is 5.06 Å². The number of carbonyl (C=O) groups excluding carboxylic acids is 2. The molecule has 0 unspecified atom stereocenters. The van der Waals surface area contributed by atoms with Crippen molar-refractivity contribution in [2.75, 3.05) is 7.05 Å². The van der Waals surface area contributed by atoms with Crippen LogP contribution in [0.25, 0.3) is 0 Å². The third-order valence-corrected chi connectivity index (χ3v) is 4.96. The molecule has 0 radical (unpaired) electrons. The summed E-state index contributed by atoms with van der Waals surface area (Å²) in [5.74, 6) is -0.318. The van der Waals surface area contributed by atoms with Crippen LogP contribution in [0.2, 0.25) is 0 Å². The highest BCUT2D eigenvalue weighted by Gasteiger charge is 2.64. The molecule has 2 aliphatic rings. The third-order valence-electron chi connectivity index (χ3n) is 4.96. The van der Waals surface area contributed by atoms with Crippen LogP contribution in [0.1, 0.15) is 59.1 Å². The largest absolute Gasteiger partial charge is 0.443 e. The lowest BCUT2D eigenvalue weighted by Gasteiger charge is -2.31. The Morgan fingerprint density at radius 1 is 1.23 bits per heavy atom. The fourth-order valence-corrected chi connectivity index (χ4v) is 4.02. The number of imide groups is 1. The molecule has 0 saturated carbocycles. The molecule has 2 amide bonds. The number of hydrogen-bond acceptors (Lipinski definition) is 5. The van der Waals surface area contributed by atoms with E-state index < -0.39 is 22.8 Å². The molecule has 1 spiro atoms. The molecule has 2 fully saturated rings. The number of amides is 2. The maximum Gasteiger partial charge on any atom is 0.417 e. The Kier molecular flexibility index (Phi) is 4.40. The van der Waals surface area contributed by atoms with E-state index in [0.717, 1.165) is 5.56 Å². The van der Waals surface area contributed by atoms with Crippen molar-refractivity contribution >= 4 is 12.0 Å². The molecule has 3 rings (SSSR count). The molecule has 1 aromatic rings. The first-order valence-corrected chi connectivity index (χ1v) is 9.00. The summed E-state index contributed by atoms with van der Waals surface area (Å²) in [5, 5.41) is 1.74. The Labute approximate surface area is 155 Å². The number of hydroxylamine groups is 2. The molecular weight excluding hydrogens is 332 g/mol. The lowest BCUT2D eigenvalue weighted by atomic mass is 9.86. The number of rotatable bonds is 1. The number of carbonyl (C=O) groups is 2. The van der Waals surface area contributed by atoms with E-state index in [1.54, 1.807) is 25.8 Å². The van der Waals surface area contributed by atoms with Crippen molar-refractivity contribution in [2.24, 2.45) is 0 Å². The summed E-state index contributed by atoms with van der Waals surface area (Å²) in [6.07, 6.45) is 0.333. The van der Waals surface area contributed by atoms with Crippen LogP contribution in [0, 0.1) is 0 Å². The third kappa shape index (κ3) is 3.23. The summed E-state index contributed by atoms with van der Waals surface area (Å²) in [6.45, 7) is 9.13. The standard InChI is InChI=1S/C20H28N2O4/c1-18(2,3)25-17(24)22-16(23)20(13-19(22,4)5)12-15(21(6)26-20)14-10-8-7-9-11-14/h7-11,15H,12-13H2,1-6H3/t15-,20+/m1/s1. The second-order valence-electron chi connectivity index (χ2n) is 8.87. The summed E-state index contributed by atoms with van der Waals surface area (Å²) < 4.78 is 5.47. The molecule has 2 heterocycles. The van der Waals surface area contributed by atoms with Gasteiger partial charge in [-0.15, -0.1) is 0 Å². The highest BCUT2D eigenvalue weighted by Crippen LogP contribution is 2.50. The zero-order chi connectivity index (χ0) is 19.3. The minimum absolute atomic E-state index is 0.0328. The van der Waals surface area contributed by atoms with E-state index in [4.69, 9.17) is 9.57 Å². The van der Waals surface area contributed by atoms with E-state index in [9.17, 15) is 9.59 Å². The zero-order valence-corrected chi connectivity index (χ0v) is 16.4. The minimum Gasteiger partial charge on any atom is -0.443 e. The number of benzene rings is 1. The molecule has 6 heteroatoms. The highest BCUT2D eigenvalue weighted by molar-refractivity contribution is 6.00. The molecular formula is C20H28N2O4. The molecule has 0 N–H and O–H groups in total. The van der Waals surface area contributed by atoms with E-state index in [-0.39, 0.29) is 11.9 Å². The van der Waals surface area contributed by atoms with Gasteiger partial charge in [-0.05, 0) is 40.2 Å². The van der Waals surface area contributed by atoms with E-state index >= 15 is 0 Å². The van der Waals surface area contributed by atoms with Gasteiger partial charge < -0.3 is 4.74 Å². The minimum atomic E-state index is -1.03. The van der Waals surface area contributed by atoms with Gasteiger partial charge in [0.05, 0.1) is 11.6 Å². The second kappa shape index (κ2) is 6.06. The average molecular weight is 360 g/mol. The lowest BCUT2D eigenvalue weighted by molar-refractivity contribution is -0.194. The highest BCUT2D eigenvalue weighted by atomic mass is 16.7. The SMILES string of the molecule is CN1O[C@@]2(C[C@@H]1c1ccccc1)CC(C)(C)N(C(=O)OC(C)(C)C)C2=O. The summed E-state index contributed by atoms with van der Waals surface area (Å²) >= 11 is 0. The van der Waals surface area contributed by atoms with Crippen molar-refractivity contribution in [1.29, 1.82) is 0 Å². The smallest absolute Gasteiger partial charge is 0.417 e. The maximum absolute atomic E-state index is 13.3. The zero-order valence-electron chi connectivity index (χ0n) is 16.4. The fourth-order valence-electron chi connectivity index (χ4n) is 4.02. The van der Waals surface area contributed by atoms with Gasteiger partial charge in [-0.3, -0.25) is 9.63 Å². The van der Waals surface area contributed by atoms with Crippen molar-refractivity contribution in [3.8, 4) is 0 Å². The lowest BCUT2D eigenvalue weighted by Crippen LogP contribution is -2.49. The van der Waals surface area contributed by atoms with Crippen molar-refractivity contribution < 1.29 is 19.2 Å². The first-order chi connectivity index (χ1) is 12.0. The van der Waals surface area contributed by atoms with Crippen molar-refractivity contribution in [2.45, 2.75) is 70.2 Å². The number of hydrogen-bond donors (Lipinski definition) is 0. The van der Waals surface area contributed by atoms with Crippen LogP contribution in [0.4, 0.5) is 4.79 Å². The van der Waals surface area contributed by atoms with Crippen molar-refractivity contribution in [3.63, 3.8) is 0 Å². The number of likely N-dealkylation sites (tertiary alicyclic amines) is 1. The first-order valence-electron chi connectivity index (χ1n) is 9.00. The van der Waals surface area contributed by atoms with Gasteiger partial charge >= 0.3 is 6.09 Å². The molecule has 0 aromatic heterocycles. The van der Waals surface area contributed by atoms with Crippen LogP contribution < -0.4 is 0 Å². The predicted molar refractivity (Wildman–Crippen MR) is 97.2 cm³/mol. The topological polar surface area (TPSA) is 59.1 Å². The number of nitrogens with zero attached hydrogens (tertiary/aromatic N) is 2. The first kappa shape index (κ1) is 18.9. The summed E-state index contributed by atoms with van der Waals surface area (Å²) in [6, 6.07) is 9.93. The van der Waals surface area contributed by atoms with E-state index in [1.165, 1.54) is 4.90 Å². The molecule has 26 heavy (non-hydrogen) atoms. The molecule has 2 atom stereocenters. The summed E-state index contributed by atoms with van der Waals surface area (Å²) in [5.41, 5.74) is -1.28. The Morgan fingerprint density at radius 2 is 1.85 bits per heavy atom. The quantitative estimate of drug-likeness (QED) is 0.765. The Morgan fingerprint density at radius 3 is 2.42 bits per heavy atom. The van der Waals surface area contributed by atoms with Crippen LogP contribution in [-0.4, -0.2) is 45.8 Å². The average Bonchev–Trinajstić information content (AvgIpc) is 2.92. The van der Waals surface area contributed by atoms with E-state index in [2.05, 4.69) is 0 Å². The maximum atomic E-state index is 13.3. The molecule has 2 aliphatic heterocycles. The molecule has 2 saturated heterocycles. The monoisotopic (exact) mass is 360 g/mol. The van der Waals surface area contributed by atoms with Crippen LogP contribution >= 0.6 is 0 Å². The fraction of sp³-hybridized carbons (Fsp3) is 0.600. The molecule has 0 aliphatic carbocycles. The van der Waals surface area contributed by atoms with Crippen molar-refractivity contribution in [1.82, 2.24) is 9.96 Å². The van der Waals surface area contributed by atoms with Gasteiger partial charge in [0.1, 0.15) is 5.60 Å². The molecule has 1 aromatic carbocycles. The van der Waals surface area contributed by atoms with E-state index in [0.29, 0.717) is 12.8 Å². The normalized spacial score (nSPS) is 28.8. The van der Waals surface area contributed by atoms with Crippen LogP contribution in [-0.2, 0) is 14.4 Å². The van der Waals surface area contributed by atoms with E-state index in [1.807, 2.05) is 51.2 Å². The van der Waals surface area contributed by atoms with Crippen LogP contribution in [0.5, 0.6) is 0 Å². The van der Waals surface area contributed by atoms with Gasteiger partial charge in [-0.25, -0.2) is 9.69 Å². The van der Waals surface area contributed by atoms with Crippen LogP contribution in [0.15, 0.2) is 30.3 Å². The van der Waals surface area contributed by atoms with Crippen molar-refractivity contribution in [3.05, 3.63) is 35.9 Å². The molecule has 6 nitrogen and oxygen atoms in total. The van der Waals surface area contributed by atoms with Crippen LogP contribution in [0.3, 0.4) is 0 Å².